The van der Waals surface area contributed by atoms with E-state index in [-0.39, 0.29) is 5.91 Å². The van der Waals surface area contributed by atoms with E-state index >= 15 is 0 Å². The van der Waals surface area contributed by atoms with Crippen LogP contribution in [-0.4, -0.2) is 31.0 Å². The van der Waals surface area contributed by atoms with Crippen LogP contribution in [0.25, 0.3) is 0 Å². The van der Waals surface area contributed by atoms with Gasteiger partial charge in [-0.05, 0) is 30.5 Å². The molecule has 20 heavy (non-hydrogen) atoms. The third-order valence-electron chi connectivity index (χ3n) is 4.26. The monoisotopic (exact) mass is 275 g/mol. The van der Waals surface area contributed by atoms with E-state index < -0.39 is 0 Å². The summed E-state index contributed by atoms with van der Waals surface area (Å²) in [4.78, 5) is 14.4. The zero-order valence-corrected chi connectivity index (χ0v) is 12.6. The van der Waals surface area contributed by atoms with Gasteiger partial charge in [0.05, 0.1) is 13.5 Å². The van der Waals surface area contributed by atoms with Crippen molar-refractivity contribution in [2.45, 2.75) is 51.0 Å². The van der Waals surface area contributed by atoms with Crippen molar-refractivity contribution in [2.75, 3.05) is 14.2 Å². The molecule has 0 saturated heterocycles. The maximum atomic E-state index is 12.4. The Kier molecular flexibility index (Phi) is 5.45. The lowest BCUT2D eigenvalue weighted by Gasteiger charge is -2.27. The van der Waals surface area contributed by atoms with Gasteiger partial charge in [0.2, 0.25) is 5.91 Å². The molecule has 1 aromatic rings. The summed E-state index contributed by atoms with van der Waals surface area (Å²) in [6.45, 7) is 0. The van der Waals surface area contributed by atoms with Crippen molar-refractivity contribution in [3.63, 3.8) is 0 Å². The summed E-state index contributed by atoms with van der Waals surface area (Å²) in [5, 5.41) is 0. The lowest BCUT2D eigenvalue weighted by molar-refractivity contribution is -0.131. The van der Waals surface area contributed by atoms with Gasteiger partial charge in [0.15, 0.2) is 0 Å². The molecule has 0 bridgehead atoms. The van der Waals surface area contributed by atoms with Gasteiger partial charge in [0, 0.05) is 13.1 Å². The predicted octanol–water partition coefficient (Wildman–Crippen LogP) is 3.42. The van der Waals surface area contributed by atoms with Crippen LogP contribution in [0.5, 0.6) is 5.75 Å². The second-order valence-corrected chi connectivity index (χ2v) is 5.68. The van der Waals surface area contributed by atoms with Crippen molar-refractivity contribution in [3.05, 3.63) is 29.8 Å². The van der Waals surface area contributed by atoms with Crippen molar-refractivity contribution in [1.82, 2.24) is 4.90 Å². The molecule has 110 valence electrons. The Labute approximate surface area is 121 Å². The minimum Gasteiger partial charge on any atom is -0.497 e. The van der Waals surface area contributed by atoms with Gasteiger partial charge in [-0.3, -0.25) is 4.79 Å². The van der Waals surface area contributed by atoms with Crippen molar-refractivity contribution < 1.29 is 9.53 Å². The number of benzene rings is 1. The molecule has 1 amide bonds. The highest BCUT2D eigenvalue weighted by Crippen LogP contribution is 2.22. The highest BCUT2D eigenvalue weighted by molar-refractivity contribution is 5.79. The van der Waals surface area contributed by atoms with Gasteiger partial charge in [0.25, 0.3) is 0 Å². The molecule has 0 atom stereocenters. The first kappa shape index (κ1) is 14.9. The van der Waals surface area contributed by atoms with Crippen LogP contribution >= 0.6 is 0 Å². The van der Waals surface area contributed by atoms with Crippen LogP contribution in [-0.2, 0) is 11.2 Å². The summed E-state index contributed by atoms with van der Waals surface area (Å²) < 4.78 is 5.20. The average molecular weight is 275 g/mol. The van der Waals surface area contributed by atoms with Crippen molar-refractivity contribution in [3.8, 4) is 5.75 Å². The minimum atomic E-state index is 0.213. The Morgan fingerprint density at radius 1 is 1.25 bits per heavy atom. The number of hydrogen-bond donors (Lipinski definition) is 0. The third kappa shape index (κ3) is 3.99. The normalized spacial score (nSPS) is 16.5. The summed E-state index contributed by atoms with van der Waals surface area (Å²) in [6.07, 6.45) is 7.90. The zero-order valence-electron chi connectivity index (χ0n) is 12.6. The molecule has 0 N–H and O–H groups in total. The molecule has 0 aliphatic heterocycles. The van der Waals surface area contributed by atoms with Crippen LogP contribution in [0.4, 0.5) is 0 Å². The van der Waals surface area contributed by atoms with Gasteiger partial charge >= 0.3 is 0 Å². The number of methoxy groups -OCH3 is 1. The molecule has 3 nitrogen and oxygen atoms in total. The predicted molar refractivity (Wildman–Crippen MR) is 81.0 cm³/mol. The first-order chi connectivity index (χ1) is 9.70. The van der Waals surface area contributed by atoms with Crippen molar-refractivity contribution >= 4 is 5.91 Å². The maximum absolute atomic E-state index is 12.4. The average Bonchev–Trinajstić information content (AvgIpc) is 2.75. The van der Waals surface area contributed by atoms with Gasteiger partial charge in [0.1, 0.15) is 5.75 Å². The molecule has 1 aliphatic carbocycles. The summed E-state index contributed by atoms with van der Waals surface area (Å²) in [5.74, 6) is 1.03. The molecule has 1 aliphatic rings. The lowest BCUT2D eigenvalue weighted by atomic mass is 10.1. The largest absolute Gasteiger partial charge is 0.497 e. The molecular formula is C17H25NO2. The van der Waals surface area contributed by atoms with Gasteiger partial charge < -0.3 is 9.64 Å². The molecule has 0 unspecified atom stereocenters. The van der Waals surface area contributed by atoms with Crippen molar-refractivity contribution in [1.29, 1.82) is 0 Å². The molecule has 1 aromatic carbocycles. The number of nitrogens with zero attached hydrogens (tertiary/aromatic N) is 1. The second kappa shape index (κ2) is 7.32. The van der Waals surface area contributed by atoms with E-state index in [0.29, 0.717) is 12.5 Å². The van der Waals surface area contributed by atoms with Crippen LogP contribution < -0.4 is 4.74 Å². The molecule has 2 rings (SSSR count). The van der Waals surface area contributed by atoms with E-state index in [1.54, 1.807) is 7.11 Å². The molecule has 1 fully saturated rings. The highest BCUT2D eigenvalue weighted by Gasteiger charge is 2.21. The molecule has 0 heterocycles. The van der Waals surface area contributed by atoms with E-state index in [1.165, 1.54) is 25.7 Å². The highest BCUT2D eigenvalue weighted by atomic mass is 16.5. The van der Waals surface area contributed by atoms with E-state index in [4.69, 9.17) is 4.74 Å². The smallest absolute Gasteiger partial charge is 0.226 e. The number of hydrogen-bond acceptors (Lipinski definition) is 2. The van der Waals surface area contributed by atoms with Gasteiger partial charge in [-0.1, -0.05) is 37.8 Å². The van der Waals surface area contributed by atoms with Crippen LogP contribution in [0.1, 0.15) is 44.1 Å². The Morgan fingerprint density at radius 2 is 1.95 bits per heavy atom. The van der Waals surface area contributed by atoms with Gasteiger partial charge in [-0.15, -0.1) is 0 Å². The molecular weight excluding hydrogens is 250 g/mol. The van der Waals surface area contributed by atoms with Crippen LogP contribution in [0.15, 0.2) is 24.3 Å². The van der Waals surface area contributed by atoms with E-state index in [9.17, 15) is 4.79 Å². The zero-order chi connectivity index (χ0) is 14.4. The third-order valence-corrected chi connectivity index (χ3v) is 4.26. The minimum absolute atomic E-state index is 0.213. The van der Waals surface area contributed by atoms with Gasteiger partial charge in [-0.25, -0.2) is 0 Å². The molecule has 0 radical (unpaired) electrons. The molecule has 0 spiro atoms. The van der Waals surface area contributed by atoms with Crippen molar-refractivity contribution in [2.24, 2.45) is 0 Å². The number of carbonyl (C=O) groups is 1. The number of ether oxygens (including phenoxy) is 1. The Hall–Kier alpha value is -1.51. The fourth-order valence-corrected chi connectivity index (χ4v) is 2.93. The Balaban J connectivity index is 1.95. The summed E-state index contributed by atoms with van der Waals surface area (Å²) in [6, 6.07) is 8.20. The molecule has 3 heteroatoms. The van der Waals surface area contributed by atoms with Gasteiger partial charge in [-0.2, -0.15) is 0 Å². The van der Waals surface area contributed by atoms with E-state index in [1.807, 2.05) is 36.2 Å². The standard InChI is InChI=1S/C17H25NO2/c1-18(15-9-5-3-4-6-10-15)17(19)13-14-8-7-11-16(12-14)20-2/h7-8,11-12,15H,3-6,9-10,13H2,1-2H3. The topological polar surface area (TPSA) is 29.5 Å². The Bertz CT molecular complexity index is 436. The van der Waals surface area contributed by atoms with E-state index in [2.05, 4.69) is 0 Å². The van der Waals surface area contributed by atoms with E-state index in [0.717, 1.165) is 24.2 Å². The first-order valence-corrected chi connectivity index (χ1v) is 7.59. The summed E-state index contributed by atoms with van der Waals surface area (Å²) in [7, 11) is 3.61. The first-order valence-electron chi connectivity index (χ1n) is 7.59. The quantitative estimate of drug-likeness (QED) is 0.788. The SMILES string of the molecule is COc1cccc(CC(=O)N(C)C2CCCCCC2)c1. The van der Waals surface area contributed by atoms with Crippen LogP contribution in [0.3, 0.4) is 0 Å². The van der Waals surface area contributed by atoms with Crippen LogP contribution in [0.2, 0.25) is 0 Å². The number of carbonyl (C=O) groups excluding carboxylic acids is 1. The number of rotatable bonds is 4. The lowest BCUT2D eigenvalue weighted by Crippen LogP contribution is -2.37. The maximum Gasteiger partial charge on any atom is 0.226 e. The Morgan fingerprint density at radius 3 is 2.60 bits per heavy atom. The number of likely N-dealkylation sites (N-methyl/N-ethyl adjacent to an activating group) is 1. The summed E-state index contributed by atoms with van der Waals surface area (Å²) in [5.41, 5.74) is 1.02. The fraction of sp³-hybridized carbons (Fsp3) is 0.588. The number of amides is 1. The molecule has 1 saturated carbocycles. The molecule has 0 aromatic heterocycles. The summed E-state index contributed by atoms with van der Waals surface area (Å²) >= 11 is 0. The van der Waals surface area contributed by atoms with Crippen LogP contribution in [0, 0.1) is 0 Å². The second-order valence-electron chi connectivity index (χ2n) is 5.68. The fourth-order valence-electron chi connectivity index (χ4n) is 2.93.